The first-order chi connectivity index (χ1) is 45.6. The Hall–Kier alpha value is -6.76. The Morgan fingerprint density at radius 3 is 0.663 bits per heavy atom. The molecular weight excluding hydrogens is 1180 g/mol. The molecule has 6 aromatic rings. The molecule has 0 radical (unpaired) electrons. The second kappa shape index (κ2) is 45.5. The average Bonchev–Trinajstić information content (AvgIpc) is 2.63. The van der Waals surface area contributed by atoms with E-state index < -0.39 is 0 Å². The van der Waals surface area contributed by atoms with Gasteiger partial charge < -0.3 is 97.1 Å². The quantitative estimate of drug-likeness (QED) is 0.0895. The van der Waals surface area contributed by atoms with Crippen molar-refractivity contribution in [3.63, 3.8) is 0 Å². The molecule has 0 amide bonds. The van der Waals surface area contributed by atoms with E-state index in [1.165, 1.54) is 22.3 Å². The van der Waals surface area contributed by atoms with Crippen molar-refractivity contribution in [1.29, 1.82) is 0 Å². The van der Waals surface area contributed by atoms with Crippen molar-refractivity contribution >= 4 is 0 Å². The first-order valence-electron chi connectivity index (χ1n) is 32.8. The van der Waals surface area contributed by atoms with E-state index >= 15 is 0 Å². The summed E-state index contributed by atoms with van der Waals surface area (Å²) >= 11 is 0. The minimum Gasteiger partial charge on any atom is -0.491 e. The molecule has 0 saturated carbocycles. The maximum absolute atomic E-state index is 6.16. The molecule has 0 aromatic heterocycles. The molecule has 92 heavy (non-hydrogen) atoms. The molecule has 6 aliphatic rings. The van der Waals surface area contributed by atoms with E-state index in [0.717, 1.165) is 122 Å². The van der Waals surface area contributed by atoms with Crippen molar-refractivity contribution in [3.05, 3.63) is 167 Å². The molecule has 0 fully saturated rings. The maximum atomic E-state index is 6.16. The summed E-state index contributed by atoms with van der Waals surface area (Å²) < 4.78 is 94.5. The summed E-state index contributed by atoms with van der Waals surface area (Å²) in [5.41, 5.74) is 6.85. The number of nitrogens with one attached hydrogen (secondary N) is 4. The molecule has 0 aliphatic carbocycles. The van der Waals surface area contributed by atoms with E-state index in [2.05, 4.69) is 94.1 Å². The fourth-order valence-electron chi connectivity index (χ4n) is 9.67. The molecule has 6 aromatic carbocycles. The van der Waals surface area contributed by atoms with Crippen LogP contribution in [-0.4, -0.2) is 172 Å². The number of benzene rings is 6. The van der Waals surface area contributed by atoms with Crippen LogP contribution in [-0.2, 0) is 77.2 Å². The molecule has 4 N–H and O–H groups in total. The predicted octanol–water partition coefficient (Wildman–Crippen LogP) is 9.30. The third-order valence-corrected chi connectivity index (χ3v) is 14.5. The van der Waals surface area contributed by atoms with Crippen LogP contribution >= 0.6 is 0 Å². The van der Waals surface area contributed by atoms with Crippen LogP contribution in [0.4, 0.5) is 0 Å². The highest BCUT2D eigenvalue weighted by atomic mass is 16.6. The number of fused-ring (bicyclic) bond motifs is 4. The van der Waals surface area contributed by atoms with Gasteiger partial charge >= 0.3 is 0 Å². The molecule has 12 rings (SSSR count). The van der Waals surface area contributed by atoms with Gasteiger partial charge in [-0.2, -0.15) is 0 Å². The van der Waals surface area contributed by atoms with Crippen molar-refractivity contribution in [2.24, 2.45) is 0 Å². The van der Waals surface area contributed by atoms with Gasteiger partial charge in [0.25, 0.3) is 0 Å². The molecule has 0 saturated heterocycles. The Kier molecular flexibility index (Phi) is 35.2. The van der Waals surface area contributed by atoms with E-state index in [9.17, 15) is 0 Å². The second-order valence-corrected chi connectivity index (χ2v) is 21.9. The zero-order valence-corrected chi connectivity index (χ0v) is 53.7. The average molecular weight is 1280 g/mol. The summed E-state index contributed by atoms with van der Waals surface area (Å²) in [6, 6.07) is 44.5. The van der Waals surface area contributed by atoms with E-state index in [1.54, 1.807) is 0 Å². The molecule has 0 atom stereocenters. The molecular formula is C72H98N4O16. The Morgan fingerprint density at radius 2 is 0.435 bits per heavy atom. The Morgan fingerprint density at radius 1 is 0.228 bits per heavy atom. The Balaban J connectivity index is 0.716. The summed E-state index contributed by atoms with van der Waals surface area (Å²) in [7, 11) is 0. The van der Waals surface area contributed by atoms with Gasteiger partial charge in [0.1, 0.15) is 98.9 Å². The van der Waals surface area contributed by atoms with Crippen LogP contribution in [0.3, 0.4) is 0 Å². The third kappa shape index (κ3) is 31.2. The number of unbranched alkanes of at least 4 members (excludes halogenated alkanes) is 3. The highest BCUT2D eigenvalue weighted by Gasteiger charge is 2.10. The molecule has 6 aliphatic heterocycles. The lowest BCUT2D eigenvalue weighted by atomic mass is 10.1. The zero-order valence-electron chi connectivity index (χ0n) is 53.7. The predicted molar refractivity (Wildman–Crippen MR) is 352 cm³/mol. The van der Waals surface area contributed by atoms with Gasteiger partial charge in [0.05, 0.1) is 106 Å². The standard InChI is InChI=1S/C72H98N4O16/c1(3-21-73-57-63-47-69-51-70(48-63)90-44-36-82-28-24-78-32-40-86-66-15-7-60(8-16-66)54-75-53-59-5-13-65(14-6-59)85-39-31-77-23-27-81-35-43-89-69)2-4-22-74-58-64-49-71-52-72(50-64)92-46-38-84-30-26-80-34-42-88-68-19-11-62(12-20-68)56-76-55-61-9-17-67(18-10-61)87-41-33-79-25-29-83-37-45-91-71/h5-20,47-52,73-76H,1-4,21-46,53-58H2. The second-order valence-electron chi connectivity index (χ2n) is 21.9. The lowest BCUT2D eigenvalue weighted by Gasteiger charge is -2.14. The van der Waals surface area contributed by atoms with Crippen molar-refractivity contribution in [1.82, 2.24) is 21.3 Å². The van der Waals surface area contributed by atoms with Crippen molar-refractivity contribution in [2.45, 2.75) is 65.0 Å². The van der Waals surface area contributed by atoms with Gasteiger partial charge in [0.15, 0.2) is 0 Å². The topological polar surface area (TPSA) is 196 Å². The Bertz CT molecular complexity index is 2470. The number of rotatable bonds is 11. The molecule has 502 valence electrons. The summed E-state index contributed by atoms with van der Waals surface area (Å²) in [6.07, 6.45) is 4.34. The van der Waals surface area contributed by atoms with Gasteiger partial charge in [0.2, 0.25) is 0 Å². The van der Waals surface area contributed by atoms with Crippen LogP contribution in [0.1, 0.15) is 59.1 Å². The summed E-state index contributed by atoms with van der Waals surface area (Å²) in [5, 5.41) is 14.2. The number of hydrogen-bond donors (Lipinski definition) is 4. The van der Waals surface area contributed by atoms with E-state index in [0.29, 0.717) is 172 Å². The van der Waals surface area contributed by atoms with Gasteiger partial charge in [-0.15, -0.1) is 0 Å². The fraction of sp³-hybridized carbons (Fsp3) is 0.500. The molecule has 0 unspecified atom stereocenters. The van der Waals surface area contributed by atoms with Crippen molar-refractivity contribution < 1.29 is 75.8 Å². The van der Waals surface area contributed by atoms with Gasteiger partial charge in [-0.05, 0) is 132 Å². The van der Waals surface area contributed by atoms with Crippen LogP contribution in [0.2, 0.25) is 0 Å². The number of ether oxygens (including phenoxy) is 16. The molecule has 0 spiro atoms. The summed E-state index contributed by atoms with van der Waals surface area (Å²) in [4.78, 5) is 0. The van der Waals surface area contributed by atoms with Crippen LogP contribution < -0.4 is 59.2 Å². The minimum absolute atomic E-state index is 0.387. The van der Waals surface area contributed by atoms with Gasteiger partial charge in [-0.25, -0.2) is 0 Å². The van der Waals surface area contributed by atoms with Crippen LogP contribution in [0.15, 0.2) is 133 Å². The number of hydrogen-bond acceptors (Lipinski definition) is 20. The van der Waals surface area contributed by atoms with Crippen molar-refractivity contribution in [3.8, 4) is 46.0 Å². The van der Waals surface area contributed by atoms with Gasteiger partial charge in [0, 0.05) is 51.4 Å². The molecule has 20 nitrogen and oxygen atoms in total. The lowest BCUT2D eigenvalue weighted by Crippen LogP contribution is -2.17. The van der Waals surface area contributed by atoms with Crippen LogP contribution in [0.25, 0.3) is 0 Å². The summed E-state index contributed by atoms with van der Waals surface area (Å²) in [5.74, 6) is 6.11. The highest BCUT2D eigenvalue weighted by molar-refractivity contribution is 5.40. The molecule has 6 heterocycles. The van der Waals surface area contributed by atoms with E-state index in [-0.39, 0.29) is 0 Å². The maximum Gasteiger partial charge on any atom is 0.123 e. The van der Waals surface area contributed by atoms with E-state index in [1.807, 2.05) is 60.7 Å². The fourth-order valence-corrected chi connectivity index (χ4v) is 9.67. The molecule has 12 bridgehead atoms. The largest absolute Gasteiger partial charge is 0.491 e. The van der Waals surface area contributed by atoms with Crippen LogP contribution in [0.5, 0.6) is 46.0 Å². The first kappa shape index (κ1) is 71.1. The lowest BCUT2D eigenvalue weighted by molar-refractivity contribution is 0.0267. The monoisotopic (exact) mass is 1270 g/mol. The van der Waals surface area contributed by atoms with Crippen LogP contribution in [0, 0.1) is 0 Å². The van der Waals surface area contributed by atoms with Gasteiger partial charge in [-0.1, -0.05) is 61.4 Å². The highest BCUT2D eigenvalue weighted by Crippen LogP contribution is 2.26. The van der Waals surface area contributed by atoms with E-state index in [4.69, 9.17) is 75.8 Å². The SMILES string of the molecule is c1cc2ccc1CNCc1ccc(cc1)OCCOCCOCCOc1cc(CNCCCCCCNCc3cc4cc(c3)OCCOCCOCCOc3ccc(cc3)CNCc3ccc(cc3)OCCOCCOCCO4)cc(c1)OCCOCCOCCO2. The first-order valence-corrected chi connectivity index (χ1v) is 32.8. The normalized spacial score (nSPS) is 17.3. The minimum atomic E-state index is 0.387. The Labute approximate surface area is 544 Å². The van der Waals surface area contributed by atoms with Gasteiger partial charge in [-0.3, -0.25) is 0 Å². The third-order valence-electron chi connectivity index (χ3n) is 14.5. The smallest absolute Gasteiger partial charge is 0.123 e. The zero-order chi connectivity index (χ0) is 63.2. The summed E-state index contributed by atoms with van der Waals surface area (Å²) in [6.45, 7) is 16.7. The molecule has 20 heteroatoms. The van der Waals surface area contributed by atoms with Crippen molar-refractivity contribution in [2.75, 3.05) is 172 Å².